The fourth-order valence-electron chi connectivity index (χ4n) is 4.01. The summed E-state index contributed by atoms with van der Waals surface area (Å²) in [6.07, 6.45) is 0.641. The van der Waals surface area contributed by atoms with Gasteiger partial charge in [0.05, 0.1) is 11.6 Å². The Kier molecular flexibility index (Phi) is 6.14. The molecular formula is C24H25FN2O5. The number of carbonyl (C=O) groups is 2. The first-order valence-electron chi connectivity index (χ1n) is 10.5. The average molecular weight is 440 g/mol. The number of ether oxygens (including phenoxy) is 2. The van der Waals surface area contributed by atoms with E-state index in [0.717, 1.165) is 6.54 Å². The van der Waals surface area contributed by atoms with Gasteiger partial charge in [-0.3, -0.25) is 9.59 Å². The lowest BCUT2D eigenvalue weighted by molar-refractivity contribution is -0.139. The van der Waals surface area contributed by atoms with E-state index in [1.54, 1.807) is 18.2 Å². The highest BCUT2D eigenvalue weighted by molar-refractivity contribution is 6.46. The fourth-order valence-corrected chi connectivity index (χ4v) is 4.01. The van der Waals surface area contributed by atoms with Crippen molar-refractivity contribution in [3.8, 4) is 11.5 Å². The summed E-state index contributed by atoms with van der Waals surface area (Å²) >= 11 is 0. The molecule has 0 spiro atoms. The molecule has 0 aromatic heterocycles. The second kappa shape index (κ2) is 9.00. The van der Waals surface area contributed by atoms with Gasteiger partial charge in [-0.1, -0.05) is 12.1 Å². The molecule has 0 aliphatic carbocycles. The minimum atomic E-state index is -0.814. The maximum Gasteiger partial charge on any atom is 0.295 e. The fraction of sp³-hybridized carbons (Fsp3) is 0.333. The van der Waals surface area contributed by atoms with Gasteiger partial charge >= 0.3 is 0 Å². The lowest BCUT2D eigenvalue weighted by atomic mass is 9.95. The van der Waals surface area contributed by atoms with Crippen LogP contribution < -0.4 is 9.47 Å². The van der Waals surface area contributed by atoms with E-state index in [4.69, 9.17) is 9.47 Å². The summed E-state index contributed by atoms with van der Waals surface area (Å²) in [5.41, 5.74) is 0.866. The molecule has 0 unspecified atom stereocenters. The van der Waals surface area contributed by atoms with Gasteiger partial charge in [0.1, 0.15) is 24.8 Å². The van der Waals surface area contributed by atoms with E-state index >= 15 is 0 Å². The standard InChI is InChI=1S/C24H25FN2O5/c1-26(2)10-3-11-27-21(15-4-7-17(25)8-5-15)20(23(29)24(27)30)22(28)16-6-9-18-19(14-16)32-13-12-31-18/h4-9,14,21,28H,3,10-13H2,1-2H3/t21-/m0/s1. The Bertz CT molecular complexity index is 1060. The number of benzene rings is 2. The third kappa shape index (κ3) is 4.18. The van der Waals surface area contributed by atoms with Crippen LogP contribution in [0.4, 0.5) is 4.39 Å². The number of ketones is 1. The molecule has 0 radical (unpaired) electrons. The number of aliphatic hydroxyl groups is 1. The molecule has 1 fully saturated rings. The van der Waals surface area contributed by atoms with Crippen molar-refractivity contribution >= 4 is 17.4 Å². The maximum absolute atomic E-state index is 13.6. The Labute approximate surface area is 185 Å². The monoisotopic (exact) mass is 440 g/mol. The summed E-state index contributed by atoms with van der Waals surface area (Å²) in [6.45, 7) is 1.86. The van der Waals surface area contributed by atoms with Crippen molar-refractivity contribution in [3.63, 3.8) is 0 Å². The highest BCUT2D eigenvalue weighted by Crippen LogP contribution is 2.41. The number of aliphatic hydroxyl groups excluding tert-OH is 1. The van der Waals surface area contributed by atoms with Gasteiger partial charge in [0, 0.05) is 12.1 Å². The van der Waals surface area contributed by atoms with Crippen LogP contribution in [0, 0.1) is 5.82 Å². The van der Waals surface area contributed by atoms with Crippen molar-refractivity contribution in [1.82, 2.24) is 9.80 Å². The third-order valence-electron chi connectivity index (χ3n) is 5.55. The second-order valence-electron chi connectivity index (χ2n) is 8.06. The van der Waals surface area contributed by atoms with Crippen LogP contribution in [0.3, 0.4) is 0 Å². The summed E-state index contributed by atoms with van der Waals surface area (Å²) < 4.78 is 24.6. The Morgan fingerprint density at radius 2 is 1.78 bits per heavy atom. The van der Waals surface area contributed by atoms with E-state index in [1.807, 2.05) is 19.0 Å². The minimum Gasteiger partial charge on any atom is -0.507 e. The van der Waals surface area contributed by atoms with Gasteiger partial charge in [0.2, 0.25) is 0 Å². The number of hydrogen-bond donors (Lipinski definition) is 1. The van der Waals surface area contributed by atoms with Crippen LogP contribution in [0.25, 0.3) is 5.76 Å². The Morgan fingerprint density at radius 1 is 1.09 bits per heavy atom. The molecule has 0 bridgehead atoms. The summed E-state index contributed by atoms with van der Waals surface area (Å²) in [5, 5.41) is 11.1. The summed E-state index contributed by atoms with van der Waals surface area (Å²) in [4.78, 5) is 29.4. The highest BCUT2D eigenvalue weighted by Gasteiger charge is 2.45. The third-order valence-corrected chi connectivity index (χ3v) is 5.55. The number of likely N-dealkylation sites (tertiary alicyclic amines) is 1. The lowest BCUT2D eigenvalue weighted by Crippen LogP contribution is -2.32. The molecule has 32 heavy (non-hydrogen) atoms. The van der Waals surface area contributed by atoms with Gasteiger partial charge in [0.15, 0.2) is 11.5 Å². The summed E-state index contributed by atoms with van der Waals surface area (Å²) in [6, 6.07) is 9.66. The number of halogens is 1. The molecule has 0 saturated carbocycles. The van der Waals surface area contributed by atoms with Gasteiger partial charge in [-0.05, 0) is 63.0 Å². The first-order chi connectivity index (χ1) is 15.4. The van der Waals surface area contributed by atoms with Crippen LogP contribution in [0.1, 0.15) is 23.6 Å². The van der Waals surface area contributed by atoms with Crippen LogP contribution >= 0.6 is 0 Å². The van der Waals surface area contributed by atoms with Gasteiger partial charge in [-0.25, -0.2) is 4.39 Å². The lowest BCUT2D eigenvalue weighted by Gasteiger charge is -2.26. The molecule has 1 amide bonds. The number of hydrogen-bond acceptors (Lipinski definition) is 6. The number of rotatable bonds is 6. The first-order valence-corrected chi connectivity index (χ1v) is 10.5. The minimum absolute atomic E-state index is 0.0249. The van der Waals surface area contributed by atoms with Gasteiger partial charge in [-0.2, -0.15) is 0 Å². The van der Waals surface area contributed by atoms with Crippen LogP contribution in [0.5, 0.6) is 11.5 Å². The van der Waals surface area contributed by atoms with Crippen LogP contribution in [-0.4, -0.2) is 67.0 Å². The quantitative estimate of drug-likeness (QED) is 0.423. The zero-order valence-electron chi connectivity index (χ0n) is 18.0. The Hall–Kier alpha value is -3.39. The van der Waals surface area contributed by atoms with Crippen molar-refractivity contribution in [2.75, 3.05) is 40.4 Å². The van der Waals surface area contributed by atoms with Crippen molar-refractivity contribution in [1.29, 1.82) is 0 Å². The SMILES string of the molecule is CN(C)CCCN1C(=O)C(=O)C(=C(O)c2ccc3c(c2)OCCO3)[C@@H]1c1ccc(F)cc1. The normalized spacial score (nSPS) is 19.6. The zero-order chi connectivity index (χ0) is 22.8. The number of nitrogens with zero attached hydrogens (tertiary/aromatic N) is 2. The summed E-state index contributed by atoms with van der Waals surface area (Å²) in [7, 11) is 3.85. The number of Topliss-reactive ketones (excluding diaryl/α,β-unsaturated/α-hetero) is 1. The predicted molar refractivity (Wildman–Crippen MR) is 116 cm³/mol. The second-order valence-corrected chi connectivity index (χ2v) is 8.06. The molecule has 1 saturated heterocycles. The van der Waals surface area contributed by atoms with E-state index in [2.05, 4.69) is 0 Å². The molecular weight excluding hydrogens is 415 g/mol. The molecule has 8 heteroatoms. The molecule has 2 aromatic rings. The van der Waals surface area contributed by atoms with E-state index in [1.165, 1.54) is 29.2 Å². The van der Waals surface area contributed by atoms with E-state index in [9.17, 15) is 19.1 Å². The maximum atomic E-state index is 13.6. The van der Waals surface area contributed by atoms with Crippen molar-refractivity contribution in [2.24, 2.45) is 0 Å². The molecule has 168 valence electrons. The van der Waals surface area contributed by atoms with Crippen molar-refractivity contribution in [2.45, 2.75) is 12.5 Å². The van der Waals surface area contributed by atoms with Crippen LogP contribution in [0.2, 0.25) is 0 Å². The highest BCUT2D eigenvalue weighted by atomic mass is 19.1. The molecule has 1 atom stereocenters. The van der Waals surface area contributed by atoms with Crippen LogP contribution in [0.15, 0.2) is 48.0 Å². The summed E-state index contributed by atoms with van der Waals surface area (Å²) in [5.74, 6) is -1.17. The largest absolute Gasteiger partial charge is 0.507 e. The topological polar surface area (TPSA) is 79.3 Å². The molecule has 2 aliphatic rings. The Morgan fingerprint density at radius 3 is 2.47 bits per heavy atom. The zero-order valence-corrected chi connectivity index (χ0v) is 18.0. The number of fused-ring (bicyclic) bond motifs is 1. The van der Waals surface area contributed by atoms with E-state index in [0.29, 0.717) is 48.8 Å². The molecule has 1 N–H and O–H groups in total. The molecule has 2 heterocycles. The predicted octanol–water partition coefficient (Wildman–Crippen LogP) is 2.97. The first kappa shape index (κ1) is 21.8. The van der Waals surface area contributed by atoms with Gasteiger partial charge in [-0.15, -0.1) is 0 Å². The van der Waals surface area contributed by atoms with Crippen LogP contribution in [-0.2, 0) is 9.59 Å². The smallest absolute Gasteiger partial charge is 0.295 e. The molecule has 7 nitrogen and oxygen atoms in total. The molecule has 4 rings (SSSR count). The molecule has 2 aliphatic heterocycles. The van der Waals surface area contributed by atoms with Gasteiger partial charge < -0.3 is 24.4 Å². The van der Waals surface area contributed by atoms with E-state index < -0.39 is 23.5 Å². The molecule has 2 aromatic carbocycles. The number of carbonyl (C=O) groups excluding carboxylic acids is 2. The Balaban J connectivity index is 1.77. The van der Waals surface area contributed by atoms with Crippen molar-refractivity contribution < 1.29 is 28.6 Å². The van der Waals surface area contributed by atoms with Crippen molar-refractivity contribution in [3.05, 3.63) is 65.0 Å². The van der Waals surface area contributed by atoms with E-state index in [-0.39, 0.29) is 11.3 Å². The average Bonchev–Trinajstić information content (AvgIpc) is 3.03. The van der Waals surface area contributed by atoms with Gasteiger partial charge in [0.25, 0.3) is 11.7 Å². The number of amides is 1.